The Morgan fingerprint density at radius 3 is 2.61 bits per heavy atom. The molecule has 0 saturated carbocycles. The van der Waals surface area contributed by atoms with Gasteiger partial charge in [0.05, 0.1) is 0 Å². The highest BCUT2D eigenvalue weighted by Crippen LogP contribution is 2.15. The molecule has 3 nitrogen and oxygen atoms in total. The molecular weight excluding hydrogens is 225 g/mol. The lowest BCUT2D eigenvalue weighted by molar-refractivity contribution is 0.235. The molecule has 4 heteroatoms. The average Bonchev–Trinajstić information content (AvgIpc) is 2.77. The largest absolute Gasteiger partial charge is 0.566 e. The molecule has 0 bridgehead atoms. The zero-order chi connectivity index (χ0) is 12.4. The maximum atomic E-state index is 10.5. The summed E-state index contributed by atoms with van der Waals surface area (Å²) in [5, 5.41) is 13.7. The molecule has 1 aliphatic heterocycles. The Kier molecular flexibility index (Phi) is 2.92. The third-order valence-corrected chi connectivity index (χ3v) is 3.38. The van der Waals surface area contributed by atoms with Crippen LogP contribution in [-0.2, 0) is 17.8 Å². The highest BCUT2D eigenvalue weighted by molar-refractivity contribution is 6.78. The Morgan fingerprint density at radius 1 is 1.06 bits per heavy atom. The van der Waals surface area contributed by atoms with Crippen molar-refractivity contribution in [2.24, 2.45) is 0 Å². The molecule has 2 N–H and O–H groups in total. The molecule has 3 rings (SSSR count). The van der Waals surface area contributed by atoms with Gasteiger partial charge in [0.1, 0.15) is 0 Å². The van der Waals surface area contributed by atoms with Gasteiger partial charge in [0, 0.05) is 6.61 Å². The van der Waals surface area contributed by atoms with E-state index in [0.717, 1.165) is 16.6 Å². The highest BCUT2D eigenvalue weighted by Gasteiger charge is 2.32. The molecule has 1 atom stereocenters. The first-order valence-corrected chi connectivity index (χ1v) is 6.16. The summed E-state index contributed by atoms with van der Waals surface area (Å²) in [7, 11) is 0. The smallest absolute Gasteiger partial charge is 0.343 e. The van der Waals surface area contributed by atoms with Gasteiger partial charge in [-0.05, 0) is 12.1 Å². The van der Waals surface area contributed by atoms with Crippen LogP contribution in [0.2, 0.25) is 0 Å². The molecule has 0 amide bonds. The molecular formula is C14H15BNO2-. The summed E-state index contributed by atoms with van der Waals surface area (Å²) in [5.74, 6) is 0. The van der Waals surface area contributed by atoms with E-state index in [9.17, 15) is 5.02 Å². The molecule has 18 heavy (non-hydrogen) atoms. The summed E-state index contributed by atoms with van der Waals surface area (Å²) in [5.41, 5.74) is 3.05. The first-order valence-electron chi connectivity index (χ1n) is 6.16. The van der Waals surface area contributed by atoms with Crippen LogP contribution in [0.15, 0.2) is 54.6 Å². The summed E-state index contributed by atoms with van der Waals surface area (Å²) in [6.07, 6.45) is 0. The summed E-state index contributed by atoms with van der Waals surface area (Å²) in [6.45, 7) is -1.02. The minimum Gasteiger partial charge on any atom is -0.566 e. The molecule has 0 aliphatic carbocycles. The van der Waals surface area contributed by atoms with Crippen LogP contribution in [-0.4, -0.2) is 11.7 Å². The van der Waals surface area contributed by atoms with Crippen LogP contribution in [0.3, 0.4) is 0 Å². The molecule has 1 unspecified atom stereocenters. The number of hydrogen-bond donors (Lipinski definition) is 2. The lowest BCUT2D eigenvalue weighted by Gasteiger charge is -2.32. The van der Waals surface area contributed by atoms with E-state index in [0.29, 0.717) is 13.2 Å². The van der Waals surface area contributed by atoms with Gasteiger partial charge in [-0.25, -0.2) is 0 Å². The van der Waals surface area contributed by atoms with Crippen molar-refractivity contribution in [3.05, 3.63) is 65.7 Å². The van der Waals surface area contributed by atoms with Gasteiger partial charge < -0.3 is 14.9 Å². The van der Waals surface area contributed by atoms with Crippen molar-refractivity contribution in [3.8, 4) is 0 Å². The van der Waals surface area contributed by atoms with Crippen molar-refractivity contribution in [2.75, 3.05) is 0 Å². The van der Waals surface area contributed by atoms with E-state index in [1.54, 1.807) is 0 Å². The summed E-state index contributed by atoms with van der Waals surface area (Å²) < 4.78 is 5.54. The fourth-order valence-corrected chi connectivity index (χ4v) is 2.37. The van der Waals surface area contributed by atoms with Gasteiger partial charge in [-0.1, -0.05) is 60.2 Å². The minimum absolute atomic E-state index is 0.467. The van der Waals surface area contributed by atoms with Crippen LogP contribution in [0.4, 0.5) is 0 Å². The lowest BCUT2D eigenvalue weighted by atomic mass is 9.64. The van der Waals surface area contributed by atoms with Gasteiger partial charge in [0.15, 0.2) is 0 Å². The van der Waals surface area contributed by atoms with E-state index < -0.39 is 6.69 Å². The molecule has 2 aromatic carbocycles. The van der Waals surface area contributed by atoms with Crippen molar-refractivity contribution < 1.29 is 9.68 Å². The molecule has 1 heterocycles. The van der Waals surface area contributed by atoms with Gasteiger partial charge >= 0.3 is 6.69 Å². The maximum absolute atomic E-state index is 10.5. The van der Waals surface area contributed by atoms with Gasteiger partial charge in [0.25, 0.3) is 0 Å². The minimum atomic E-state index is -2.08. The highest BCUT2D eigenvalue weighted by atomic mass is 16.5. The Morgan fingerprint density at radius 2 is 1.78 bits per heavy atom. The second kappa shape index (κ2) is 4.57. The van der Waals surface area contributed by atoms with E-state index in [-0.39, 0.29) is 0 Å². The van der Waals surface area contributed by atoms with Gasteiger partial charge in [-0.15, -0.1) is 5.46 Å². The zero-order valence-corrected chi connectivity index (χ0v) is 10.0. The summed E-state index contributed by atoms with van der Waals surface area (Å²) in [4.78, 5) is 0. The third-order valence-electron chi connectivity index (χ3n) is 3.38. The number of hydrogen-bond acceptors (Lipinski definition) is 3. The lowest BCUT2D eigenvalue weighted by Crippen LogP contribution is -2.60. The van der Waals surface area contributed by atoms with E-state index in [2.05, 4.69) is 5.23 Å². The maximum Gasteiger partial charge on any atom is 0.343 e. The van der Waals surface area contributed by atoms with Gasteiger partial charge in [0.2, 0.25) is 0 Å². The van der Waals surface area contributed by atoms with Crippen LogP contribution in [0.25, 0.3) is 0 Å². The molecule has 2 aromatic rings. The Bertz CT molecular complexity index is 547. The fourth-order valence-electron chi connectivity index (χ4n) is 2.37. The Labute approximate surface area is 106 Å². The van der Waals surface area contributed by atoms with Crippen LogP contribution in [0.5, 0.6) is 0 Å². The Balaban J connectivity index is 1.77. The second-order valence-electron chi connectivity index (χ2n) is 4.62. The first-order chi connectivity index (χ1) is 8.78. The summed E-state index contributed by atoms with van der Waals surface area (Å²) >= 11 is 0. The van der Waals surface area contributed by atoms with Crippen LogP contribution >= 0.6 is 0 Å². The third kappa shape index (κ3) is 2.06. The molecule has 92 valence electrons. The van der Waals surface area contributed by atoms with Crippen LogP contribution < -0.4 is 10.7 Å². The number of benzene rings is 2. The molecule has 1 aliphatic rings. The topological polar surface area (TPSA) is 41.5 Å². The average molecular weight is 240 g/mol. The second-order valence-corrected chi connectivity index (χ2v) is 4.62. The number of nitrogens with one attached hydrogen (secondary N) is 1. The van der Waals surface area contributed by atoms with Gasteiger partial charge in [-0.2, -0.15) is 0 Å². The van der Waals surface area contributed by atoms with Crippen molar-refractivity contribution in [2.45, 2.75) is 13.2 Å². The monoisotopic (exact) mass is 240 g/mol. The van der Waals surface area contributed by atoms with Crippen LogP contribution in [0.1, 0.15) is 11.1 Å². The molecule has 0 radical (unpaired) electrons. The summed E-state index contributed by atoms with van der Waals surface area (Å²) in [6, 6.07) is 17.8. The van der Waals surface area contributed by atoms with Crippen molar-refractivity contribution in [3.63, 3.8) is 0 Å². The van der Waals surface area contributed by atoms with Crippen molar-refractivity contribution >= 4 is 12.1 Å². The van der Waals surface area contributed by atoms with E-state index >= 15 is 0 Å². The molecule has 0 fully saturated rings. The quantitative estimate of drug-likeness (QED) is 0.790. The van der Waals surface area contributed by atoms with E-state index in [1.807, 2.05) is 54.6 Å². The number of fused-ring (bicyclic) bond motifs is 1. The van der Waals surface area contributed by atoms with Gasteiger partial charge in [-0.3, -0.25) is 0 Å². The first kappa shape index (κ1) is 11.5. The number of rotatable bonds is 3. The van der Waals surface area contributed by atoms with Crippen molar-refractivity contribution in [1.82, 2.24) is 5.23 Å². The Hall–Kier alpha value is -1.62. The van der Waals surface area contributed by atoms with Crippen LogP contribution in [0, 0.1) is 0 Å². The SMILES string of the molecule is O[B-]1(NCc2ccccc2)OCc2ccccc21. The normalized spacial score (nSPS) is 21.8. The molecule has 0 saturated heterocycles. The van der Waals surface area contributed by atoms with E-state index in [1.165, 1.54) is 0 Å². The molecule has 0 spiro atoms. The van der Waals surface area contributed by atoms with E-state index in [4.69, 9.17) is 4.65 Å². The fraction of sp³-hybridized carbons (Fsp3) is 0.143. The predicted molar refractivity (Wildman–Crippen MR) is 72.1 cm³/mol. The van der Waals surface area contributed by atoms with Crippen molar-refractivity contribution in [1.29, 1.82) is 0 Å². The molecule has 0 aromatic heterocycles. The standard InChI is InChI=1S/C14H15BNO2/c17-15(16-10-12-6-2-1-3-7-12)14-9-5-4-8-13(14)11-18-15/h1-9,16-17H,10-11H2/q-1. The predicted octanol–water partition coefficient (Wildman–Crippen LogP) is 1.14. The zero-order valence-electron chi connectivity index (χ0n) is 10.0.